The third-order valence-electron chi connectivity index (χ3n) is 10.9. The van der Waals surface area contributed by atoms with Crippen molar-refractivity contribution in [3.63, 3.8) is 0 Å². The highest BCUT2D eigenvalue weighted by Crippen LogP contribution is 2.41. The molecular weight excluding hydrogens is 1070 g/mol. The fourth-order valence-electron chi connectivity index (χ4n) is 7.52. The van der Waals surface area contributed by atoms with Gasteiger partial charge in [0.15, 0.2) is 22.4 Å². The van der Waals surface area contributed by atoms with E-state index in [0.717, 1.165) is 27.5 Å². The number of rotatable bonds is 11. The summed E-state index contributed by atoms with van der Waals surface area (Å²) in [6.07, 6.45) is -8.90. The molecule has 0 radical (unpaired) electrons. The number of carbonyl (C=O) groups is 2. The Balaban J connectivity index is 0.00000395. The van der Waals surface area contributed by atoms with Crippen LogP contribution in [0.2, 0.25) is 20.2 Å². The number of para-hydroxylation sites is 1. The third-order valence-corrected chi connectivity index (χ3v) is 12.0. The van der Waals surface area contributed by atoms with E-state index in [0.29, 0.717) is 5.56 Å². The number of benzene rings is 4. The fourth-order valence-corrected chi connectivity index (χ4v) is 8.52. The van der Waals surface area contributed by atoms with Gasteiger partial charge >= 0.3 is 12.5 Å². The quantitative estimate of drug-likeness (QED) is 0.0824. The number of carbonyl (C=O) groups excluding carboxylic acids is 2. The number of aryl methyl sites for hydroxylation is 3. The van der Waals surface area contributed by atoms with Gasteiger partial charge in [-0.1, -0.05) is 90.6 Å². The first-order valence-electron chi connectivity index (χ1n) is 21.6. The molecular formula is C49H36Cl4F6N8O7. The molecule has 0 spiro atoms. The highest BCUT2D eigenvalue weighted by molar-refractivity contribution is 6.38. The number of hydrogen-bond donors (Lipinski definition) is 3. The van der Waals surface area contributed by atoms with Gasteiger partial charge in [-0.05, 0) is 74.9 Å². The maximum Gasteiger partial charge on any atom is 0.573 e. The summed E-state index contributed by atoms with van der Waals surface area (Å²) >= 11 is 25.4. The molecule has 0 saturated heterocycles. The lowest BCUT2D eigenvalue weighted by Crippen LogP contribution is -2.27. The molecule has 0 aliphatic heterocycles. The molecule has 15 nitrogen and oxygen atoms in total. The zero-order valence-corrected chi connectivity index (χ0v) is 41.9. The number of nitrogens with one attached hydrogen (secondary N) is 2. The van der Waals surface area contributed by atoms with Crippen molar-refractivity contribution in [2.24, 2.45) is 0 Å². The first kappa shape index (κ1) is 54.3. The molecule has 0 saturated carbocycles. The monoisotopic (exact) mass is 1100 g/mol. The van der Waals surface area contributed by atoms with Crippen LogP contribution in [0, 0.1) is 20.8 Å². The maximum atomic E-state index is 14.5. The maximum absolute atomic E-state index is 14.5. The van der Waals surface area contributed by atoms with Gasteiger partial charge in [-0.2, -0.15) is 13.2 Å². The number of fused-ring (bicyclic) bond motifs is 2. The number of amides is 2. The summed E-state index contributed by atoms with van der Waals surface area (Å²) in [5.41, 5.74) is -3.49. The van der Waals surface area contributed by atoms with E-state index < -0.39 is 70.9 Å². The van der Waals surface area contributed by atoms with Crippen LogP contribution in [0.5, 0.6) is 23.0 Å². The van der Waals surface area contributed by atoms with Crippen molar-refractivity contribution >= 4 is 91.4 Å². The van der Waals surface area contributed by atoms with Crippen molar-refractivity contribution in [3.8, 4) is 23.0 Å². The Morgan fingerprint density at radius 2 is 1.23 bits per heavy atom. The molecule has 0 aliphatic carbocycles. The van der Waals surface area contributed by atoms with Gasteiger partial charge in [-0.25, -0.2) is 15.0 Å². The fraction of sp³-hybridized carbons (Fsp3) is 0.184. The van der Waals surface area contributed by atoms with E-state index in [4.69, 9.17) is 51.1 Å². The lowest BCUT2D eigenvalue weighted by atomic mass is 10.1. The van der Waals surface area contributed by atoms with Crippen molar-refractivity contribution in [1.29, 1.82) is 0 Å². The average Bonchev–Trinajstić information content (AvgIpc) is 3.33. The second-order valence-electron chi connectivity index (χ2n) is 15.7. The van der Waals surface area contributed by atoms with Crippen LogP contribution in [-0.2, 0) is 19.3 Å². The number of halogens is 10. The lowest BCUT2D eigenvalue weighted by molar-refractivity contribution is -0.274. The van der Waals surface area contributed by atoms with Gasteiger partial charge in [0.2, 0.25) is 0 Å². The standard InChI is InChI=1S/C47H30Cl4F6N8O7.C2H6/c1-20-10-11-29(34-36(20)59-21(2)65(44(34)69)19-24-8-6-14-58-40(24)46(52,53)54)62-42(67)25-15-27(49)39(28(50)16-25)71-33-13-12-30(63-43(68)31-17-26(48)38(66)41(51)61-31)35-37(33)60-22(3)64(45(35)70)18-23-7-4-5-9-32(23)72-47(55,56)57;1-2/h4-17,66H,18-19H2,1-3H3,(H,62,67)(H,63,68);1-2H3. The Kier molecular flexibility index (Phi) is 15.8. The number of pyridine rings is 2. The molecule has 0 unspecified atom stereocenters. The third kappa shape index (κ3) is 11.3. The number of anilines is 2. The van der Waals surface area contributed by atoms with Gasteiger partial charge in [-0.3, -0.25) is 33.3 Å². The molecule has 0 atom stereocenters. The van der Waals surface area contributed by atoms with E-state index in [9.17, 15) is 50.6 Å². The van der Waals surface area contributed by atoms with Crippen LogP contribution in [-0.4, -0.2) is 52.4 Å². The molecule has 384 valence electrons. The Labute approximate surface area is 434 Å². The Morgan fingerprint density at radius 3 is 1.84 bits per heavy atom. The molecule has 0 bridgehead atoms. The molecule has 0 fully saturated rings. The predicted octanol–water partition coefficient (Wildman–Crippen LogP) is 12.5. The number of aromatic hydroxyl groups is 1. The van der Waals surface area contributed by atoms with E-state index in [1.54, 1.807) is 13.0 Å². The van der Waals surface area contributed by atoms with Crippen molar-refractivity contribution in [3.05, 3.63) is 171 Å². The number of nitrogens with zero attached hydrogens (tertiary/aromatic N) is 6. The van der Waals surface area contributed by atoms with Gasteiger partial charge in [0, 0.05) is 22.9 Å². The highest BCUT2D eigenvalue weighted by atomic mass is 35.5. The van der Waals surface area contributed by atoms with E-state index >= 15 is 0 Å². The van der Waals surface area contributed by atoms with Crippen LogP contribution in [0.3, 0.4) is 0 Å². The topological polar surface area (TPSA) is 192 Å². The second kappa shape index (κ2) is 21.6. The Hall–Kier alpha value is -7.46. The van der Waals surface area contributed by atoms with Gasteiger partial charge in [0.25, 0.3) is 22.9 Å². The van der Waals surface area contributed by atoms with Crippen molar-refractivity contribution in [1.82, 2.24) is 29.1 Å². The Bertz CT molecular complexity index is 3640. The van der Waals surface area contributed by atoms with Gasteiger partial charge in [-0.15, -0.1) is 13.2 Å². The first-order valence-corrected chi connectivity index (χ1v) is 23.2. The summed E-state index contributed by atoms with van der Waals surface area (Å²) in [5.74, 6) is -3.41. The summed E-state index contributed by atoms with van der Waals surface area (Å²) in [7, 11) is 0. The second-order valence-corrected chi connectivity index (χ2v) is 17.2. The smallest absolute Gasteiger partial charge is 0.504 e. The minimum atomic E-state index is -5.07. The van der Waals surface area contributed by atoms with Crippen LogP contribution in [0.4, 0.5) is 37.7 Å². The lowest BCUT2D eigenvalue weighted by Gasteiger charge is -2.18. The normalized spacial score (nSPS) is 11.6. The molecule has 3 N–H and O–H groups in total. The summed E-state index contributed by atoms with van der Waals surface area (Å²) in [6, 6.07) is 16.4. The zero-order chi connectivity index (χ0) is 54.1. The zero-order valence-electron chi connectivity index (χ0n) is 38.9. The van der Waals surface area contributed by atoms with E-state index in [1.807, 2.05) is 13.8 Å². The number of alkyl halides is 6. The molecule has 8 rings (SSSR count). The largest absolute Gasteiger partial charge is 0.573 e. The van der Waals surface area contributed by atoms with Gasteiger partial charge < -0.3 is 25.2 Å². The number of hydrogen-bond acceptors (Lipinski definition) is 11. The predicted molar refractivity (Wildman–Crippen MR) is 266 cm³/mol. The summed E-state index contributed by atoms with van der Waals surface area (Å²) < 4.78 is 94.1. The minimum Gasteiger partial charge on any atom is -0.504 e. The molecule has 0 aliphatic rings. The molecule has 4 aromatic carbocycles. The van der Waals surface area contributed by atoms with Crippen LogP contribution in [0.25, 0.3) is 21.8 Å². The molecule has 25 heteroatoms. The van der Waals surface area contributed by atoms with Crippen LogP contribution >= 0.6 is 46.4 Å². The summed E-state index contributed by atoms with van der Waals surface area (Å²) in [6.45, 7) is 7.46. The average molecular weight is 1100 g/mol. The number of aromatic nitrogens is 6. The molecule has 8 aromatic rings. The van der Waals surface area contributed by atoms with E-state index in [-0.39, 0.29) is 93.8 Å². The van der Waals surface area contributed by atoms with Gasteiger partial charge in [0.1, 0.15) is 34.3 Å². The van der Waals surface area contributed by atoms with E-state index in [2.05, 4.69) is 35.3 Å². The molecule has 2 amide bonds. The summed E-state index contributed by atoms with van der Waals surface area (Å²) in [5, 5.41) is 13.3. The van der Waals surface area contributed by atoms with Crippen molar-refractivity contribution in [2.75, 3.05) is 10.6 Å². The van der Waals surface area contributed by atoms with Crippen LogP contribution in [0.15, 0.2) is 94.6 Å². The SMILES string of the molecule is CC.Cc1ccc(NC(=O)c2cc(Cl)c(Oc3ccc(NC(=O)c4cc(Cl)c(O)c(Cl)n4)c4c(=O)n(Cc5ccccc5OC(F)(F)F)c(C)nc34)c(Cl)c2)c2c(=O)n(Cc3cccnc3C(F)(F)F)c(C)nc12. The molecule has 74 heavy (non-hydrogen) atoms. The molecule has 4 aromatic heterocycles. The van der Waals surface area contributed by atoms with Crippen molar-refractivity contribution in [2.45, 2.75) is 60.2 Å². The molecule has 4 heterocycles. The highest BCUT2D eigenvalue weighted by Gasteiger charge is 2.36. The Morgan fingerprint density at radius 1 is 0.676 bits per heavy atom. The van der Waals surface area contributed by atoms with Crippen molar-refractivity contribution < 1.29 is 50.5 Å². The first-order chi connectivity index (χ1) is 34.9. The van der Waals surface area contributed by atoms with Crippen LogP contribution in [0.1, 0.15) is 68.7 Å². The van der Waals surface area contributed by atoms with Crippen LogP contribution < -0.4 is 31.2 Å². The van der Waals surface area contributed by atoms with Gasteiger partial charge in [0.05, 0.1) is 55.8 Å². The number of ether oxygens (including phenoxy) is 2. The minimum absolute atomic E-state index is 0.0452. The van der Waals surface area contributed by atoms with E-state index in [1.165, 1.54) is 74.5 Å². The summed E-state index contributed by atoms with van der Waals surface area (Å²) in [4.78, 5) is 72.4.